The third-order valence-corrected chi connectivity index (χ3v) is 3.57. The zero-order valence-electron chi connectivity index (χ0n) is 13.8. The predicted molar refractivity (Wildman–Crippen MR) is 95.0 cm³/mol. The van der Waals surface area contributed by atoms with E-state index in [1.54, 1.807) is 17.1 Å². The Bertz CT molecular complexity index is 821. The number of aromatic nitrogens is 3. The van der Waals surface area contributed by atoms with Crippen molar-refractivity contribution in [3.63, 3.8) is 0 Å². The van der Waals surface area contributed by atoms with Crippen molar-refractivity contribution in [1.82, 2.24) is 14.8 Å². The molecule has 0 fully saturated rings. The molecule has 0 radical (unpaired) electrons. The van der Waals surface area contributed by atoms with Crippen LogP contribution in [0.4, 0.5) is 5.69 Å². The Labute approximate surface area is 145 Å². The fourth-order valence-electron chi connectivity index (χ4n) is 2.31. The molecular weight excluding hydrogens is 318 g/mol. The third kappa shape index (κ3) is 4.02. The normalized spacial score (nSPS) is 15.3. The molecule has 1 aliphatic heterocycles. The van der Waals surface area contributed by atoms with Gasteiger partial charge in [0.2, 0.25) is 5.88 Å². The second-order valence-corrected chi connectivity index (χ2v) is 5.47. The molecule has 25 heavy (non-hydrogen) atoms. The molecule has 0 saturated heterocycles. The summed E-state index contributed by atoms with van der Waals surface area (Å²) in [6.45, 7) is 0.122. The second-order valence-electron chi connectivity index (χ2n) is 5.47. The van der Waals surface area contributed by atoms with Crippen LogP contribution in [0.1, 0.15) is 0 Å². The predicted octanol–water partition coefficient (Wildman–Crippen LogP) is 1.83. The number of anilines is 1. The number of aryl methyl sites for hydroxylation is 1. The number of hydrogen-bond donors (Lipinski definition) is 2. The Kier molecular flexibility index (Phi) is 5.06. The molecule has 1 aromatic carbocycles. The van der Waals surface area contributed by atoms with E-state index >= 15 is 0 Å². The van der Waals surface area contributed by atoms with Gasteiger partial charge >= 0.3 is 0 Å². The Balaban J connectivity index is 0.000000258. The van der Waals surface area contributed by atoms with E-state index in [4.69, 9.17) is 10.5 Å². The first kappa shape index (κ1) is 16.7. The zero-order valence-corrected chi connectivity index (χ0v) is 13.8. The highest BCUT2D eigenvalue weighted by Crippen LogP contribution is 2.31. The van der Waals surface area contributed by atoms with Gasteiger partial charge in [-0.3, -0.25) is 9.48 Å². The summed E-state index contributed by atoms with van der Waals surface area (Å²) < 4.78 is 7.12. The Morgan fingerprint density at radius 1 is 1.16 bits per heavy atom. The molecule has 3 N–H and O–H groups in total. The van der Waals surface area contributed by atoms with Crippen molar-refractivity contribution in [1.29, 1.82) is 0 Å². The Morgan fingerprint density at radius 2 is 1.84 bits per heavy atom. The van der Waals surface area contributed by atoms with Crippen LogP contribution in [0.2, 0.25) is 0 Å². The summed E-state index contributed by atoms with van der Waals surface area (Å²) in [5.74, 6) is 0.142. The van der Waals surface area contributed by atoms with E-state index in [0.717, 1.165) is 11.1 Å². The van der Waals surface area contributed by atoms with Crippen LogP contribution in [0, 0.1) is 0 Å². The lowest BCUT2D eigenvalue weighted by Crippen LogP contribution is -2.42. The number of carbonyl (C=O) groups excluding carboxylic acids is 1. The van der Waals surface area contributed by atoms with E-state index in [1.807, 2.05) is 55.7 Å². The maximum atomic E-state index is 11.7. The third-order valence-electron chi connectivity index (χ3n) is 3.57. The maximum absolute atomic E-state index is 11.7. The van der Waals surface area contributed by atoms with E-state index in [9.17, 15) is 4.79 Å². The lowest BCUT2D eigenvalue weighted by atomic mass is 10.1. The van der Waals surface area contributed by atoms with Gasteiger partial charge in [0.15, 0.2) is 6.10 Å². The molecule has 128 valence electrons. The highest BCUT2D eigenvalue weighted by atomic mass is 16.5. The van der Waals surface area contributed by atoms with Gasteiger partial charge in [0.1, 0.15) is 5.69 Å². The minimum Gasteiger partial charge on any atom is -0.461 e. The summed E-state index contributed by atoms with van der Waals surface area (Å²) in [4.78, 5) is 15.9. The summed E-state index contributed by atoms with van der Waals surface area (Å²) >= 11 is 0. The number of hydrogen-bond acceptors (Lipinski definition) is 5. The fraction of sp³-hybridized carbons (Fsp3) is 0.167. The van der Waals surface area contributed by atoms with Crippen LogP contribution in [0.5, 0.6) is 5.88 Å². The summed E-state index contributed by atoms with van der Waals surface area (Å²) in [6, 6.07) is 13.8. The van der Waals surface area contributed by atoms with Crippen molar-refractivity contribution >= 4 is 11.6 Å². The van der Waals surface area contributed by atoms with Crippen molar-refractivity contribution in [3.8, 4) is 17.0 Å². The number of pyridine rings is 1. The number of fused-ring (bicyclic) bond motifs is 1. The van der Waals surface area contributed by atoms with Gasteiger partial charge in [0, 0.05) is 37.1 Å². The number of nitrogens with one attached hydrogen (secondary N) is 1. The molecule has 3 heterocycles. The number of benzene rings is 1. The van der Waals surface area contributed by atoms with E-state index < -0.39 is 6.10 Å². The van der Waals surface area contributed by atoms with Crippen molar-refractivity contribution in [2.75, 3.05) is 11.9 Å². The van der Waals surface area contributed by atoms with Crippen molar-refractivity contribution < 1.29 is 9.53 Å². The molecule has 4 rings (SSSR count). The molecule has 0 spiro atoms. The molecule has 7 heteroatoms. The van der Waals surface area contributed by atoms with Gasteiger partial charge in [0.25, 0.3) is 5.91 Å². The average molecular weight is 337 g/mol. The molecule has 1 atom stereocenters. The van der Waals surface area contributed by atoms with Gasteiger partial charge in [-0.25, -0.2) is 4.98 Å². The fourth-order valence-corrected chi connectivity index (χ4v) is 2.31. The quantitative estimate of drug-likeness (QED) is 0.744. The lowest BCUT2D eigenvalue weighted by Gasteiger charge is -2.23. The van der Waals surface area contributed by atoms with Gasteiger partial charge in [-0.15, -0.1) is 0 Å². The van der Waals surface area contributed by atoms with Crippen molar-refractivity contribution in [2.24, 2.45) is 12.8 Å². The minimum atomic E-state index is -0.677. The summed E-state index contributed by atoms with van der Waals surface area (Å²) in [5, 5.41) is 6.84. The van der Waals surface area contributed by atoms with Gasteiger partial charge in [-0.05, 0) is 6.07 Å². The Hall–Kier alpha value is -3.19. The zero-order chi connectivity index (χ0) is 17.6. The monoisotopic (exact) mass is 337 g/mol. The molecule has 0 bridgehead atoms. The van der Waals surface area contributed by atoms with E-state index in [-0.39, 0.29) is 12.5 Å². The molecule has 2 aromatic heterocycles. The SMILES string of the molecule is Cn1cc(-c2cnc3c(c2)NC(=O)C(CN)O3)cn1.c1ccccc1. The van der Waals surface area contributed by atoms with Crippen LogP contribution in [0.3, 0.4) is 0 Å². The topological polar surface area (TPSA) is 95.1 Å². The van der Waals surface area contributed by atoms with Crippen LogP contribution in [0.15, 0.2) is 61.1 Å². The van der Waals surface area contributed by atoms with Crippen LogP contribution < -0.4 is 15.8 Å². The van der Waals surface area contributed by atoms with E-state index in [1.165, 1.54) is 0 Å². The first-order valence-electron chi connectivity index (χ1n) is 7.84. The van der Waals surface area contributed by atoms with Crippen LogP contribution >= 0.6 is 0 Å². The van der Waals surface area contributed by atoms with E-state index in [0.29, 0.717) is 11.6 Å². The maximum Gasteiger partial charge on any atom is 0.267 e. The number of nitrogens with zero attached hydrogens (tertiary/aromatic N) is 3. The lowest BCUT2D eigenvalue weighted by molar-refractivity contribution is -0.123. The van der Waals surface area contributed by atoms with Crippen LogP contribution in [-0.2, 0) is 11.8 Å². The number of carbonyl (C=O) groups is 1. The molecule has 0 aliphatic carbocycles. The number of nitrogens with two attached hydrogens (primary N) is 1. The van der Waals surface area contributed by atoms with Gasteiger partial charge in [-0.2, -0.15) is 5.10 Å². The number of rotatable bonds is 2. The smallest absolute Gasteiger partial charge is 0.267 e. The average Bonchev–Trinajstić information content (AvgIpc) is 3.09. The molecule has 1 aliphatic rings. The molecule has 3 aromatic rings. The van der Waals surface area contributed by atoms with Crippen LogP contribution in [0.25, 0.3) is 11.1 Å². The summed E-state index contributed by atoms with van der Waals surface area (Å²) in [6.07, 6.45) is 4.61. The molecule has 1 amide bonds. The first-order chi connectivity index (χ1) is 12.2. The summed E-state index contributed by atoms with van der Waals surface area (Å²) in [5.41, 5.74) is 7.79. The molecular formula is C18H19N5O2. The molecule has 0 saturated carbocycles. The minimum absolute atomic E-state index is 0.122. The van der Waals surface area contributed by atoms with Crippen molar-refractivity contribution in [2.45, 2.75) is 6.10 Å². The van der Waals surface area contributed by atoms with Gasteiger partial charge in [-0.1, -0.05) is 36.4 Å². The van der Waals surface area contributed by atoms with Crippen molar-refractivity contribution in [3.05, 3.63) is 61.1 Å². The van der Waals surface area contributed by atoms with Gasteiger partial charge in [0.05, 0.1) is 6.20 Å². The summed E-state index contributed by atoms with van der Waals surface area (Å²) in [7, 11) is 1.84. The largest absolute Gasteiger partial charge is 0.461 e. The van der Waals surface area contributed by atoms with E-state index in [2.05, 4.69) is 15.4 Å². The molecule has 7 nitrogen and oxygen atoms in total. The first-order valence-corrected chi connectivity index (χ1v) is 7.84. The van der Waals surface area contributed by atoms with Gasteiger partial charge < -0.3 is 15.8 Å². The van der Waals surface area contributed by atoms with Crippen LogP contribution in [-0.4, -0.2) is 33.3 Å². The standard InChI is InChI=1S/C12H13N5O2.C6H6/c1-17-6-8(5-15-17)7-2-9-12(14-4-7)19-10(3-13)11(18)16-9;1-2-4-6-5-3-1/h2,4-6,10H,3,13H2,1H3,(H,16,18);1-6H. The number of ether oxygens (including phenoxy) is 1. The highest BCUT2D eigenvalue weighted by Gasteiger charge is 2.27. The Morgan fingerprint density at radius 3 is 2.40 bits per heavy atom. The molecule has 1 unspecified atom stereocenters. The highest BCUT2D eigenvalue weighted by molar-refractivity contribution is 5.98. The number of amides is 1. The second kappa shape index (κ2) is 7.59.